The third kappa shape index (κ3) is 2.83. The second-order valence-electron chi connectivity index (χ2n) is 7.91. The Hall–Kier alpha value is -4.21. The average Bonchev–Trinajstić information content (AvgIpc) is 3.53. The van der Waals surface area contributed by atoms with Crippen LogP contribution in [-0.4, -0.2) is 46.7 Å². The Morgan fingerprint density at radius 1 is 1.15 bits per heavy atom. The topological polar surface area (TPSA) is 113 Å². The number of carbonyl (C=O) groups is 1. The number of ether oxygens (including phenoxy) is 4. The van der Waals surface area contributed by atoms with E-state index in [2.05, 4.69) is 15.3 Å². The van der Waals surface area contributed by atoms with Gasteiger partial charge >= 0.3 is 0 Å². The molecule has 4 aromatic rings. The lowest BCUT2D eigenvalue weighted by Gasteiger charge is -2.26. The molecule has 1 amide bonds. The molecule has 0 bridgehead atoms. The van der Waals surface area contributed by atoms with Crippen molar-refractivity contribution in [3.05, 3.63) is 47.2 Å². The van der Waals surface area contributed by atoms with Crippen molar-refractivity contribution in [1.82, 2.24) is 19.7 Å². The van der Waals surface area contributed by atoms with Crippen molar-refractivity contribution in [3.8, 4) is 28.9 Å². The lowest BCUT2D eigenvalue weighted by Crippen LogP contribution is -2.25. The zero-order valence-corrected chi connectivity index (χ0v) is 18.3. The first-order valence-electron chi connectivity index (χ1n) is 10.5. The van der Waals surface area contributed by atoms with Gasteiger partial charge in [-0.1, -0.05) is 12.1 Å². The number of aryl methyl sites for hydroxylation is 1. The molecule has 0 saturated heterocycles. The van der Waals surface area contributed by atoms with Crippen molar-refractivity contribution in [3.63, 3.8) is 0 Å². The molecule has 10 heteroatoms. The summed E-state index contributed by atoms with van der Waals surface area (Å²) in [5.74, 6) is 2.63. The van der Waals surface area contributed by atoms with E-state index in [4.69, 9.17) is 24.0 Å². The third-order valence-corrected chi connectivity index (χ3v) is 6.07. The number of fused-ring (bicyclic) bond motifs is 3. The molecule has 2 N–H and O–H groups in total. The van der Waals surface area contributed by atoms with Gasteiger partial charge in [0.2, 0.25) is 30.1 Å². The van der Waals surface area contributed by atoms with E-state index in [0.29, 0.717) is 34.8 Å². The van der Waals surface area contributed by atoms with Gasteiger partial charge in [0, 0.05) is 23.5 Å². The number of aromatic nitrogens is 4. The predicted octanol–water partition coefficient (Wildman–Crippen LogP) is 3.28. The molecule has 2 aliphatic rings. The van der Waals surface area contributed by atoms with Gasteiger partial charge in [0.05, 0.1) is 30.9 Å². The number of nitrogens with zero attached hydrogens (tertiary/aromatic N) is 3. The van der Waals surface area contributed by atoms with E-state index in [1.54, 1.807) is 18.9 Å². The number of hydrogen-bond donors (Lipinski definition) is 2. The fraction of sp³-hybridized carbons (Fsp3) is 0.261. The van der Waals surface area contributed by atoms with Crippen molar-refractivity contribution in [2.45, 2.75) is 19.3 Å². The van der Waals surface area contributed by atoms with Crippen molar-refractivity contribution in [1.29, 1.82) is 0 Å². The van der Waals surface area contributed by atoms with Gasteiger partial charge in [-0.25, -0.2) is 4.98 Å². The Bertz CT molecular complexity index is 1390. The molecule has 4 heterocycles. The molecule has 2 aliphatic heterocycles. The maximum absolute atomic E-state index is 12.9. The highest BCUT2D eigenvalue weighted by molar-refractivity contribution is 5.95. The van der Waals surface area contributed by atoms with Crippen LogP contribution in [0.1, 0.15) is 29.2 Å². The standard InChI is InChI=1S/C23H21N5O5/c1-11-18-12(13-8-16-20(33-10-32-16)21(31-3)19(13)30-2)9-17(29)26-22(18)28(27-11)23-24-14-6-4-5-7-15(14)25-23/h4-8,12H,9-10H2,1-3H3,(H,24,25)(H,26,29). The van der Waals surface area contributed by atoms with Crippen LogP contribution in [0.15, 0.2) is 30.3 Å². The van der Waals surface area contributed by atoms with Crippen molar-refractivity contribution < 1.29 is 23.7 Å². The number of hydrogen-bond acceptors (Lipinski definition) is 7. The van der Waals surface area contributed by atoms with Crippen LogP contribution in [0, 0.1) is 6.92 Å². The maximum atomic E-state index is 12.9. The molecule has 168 valence electrons. The molecule has 33 heavy (non-hydrogen) atoms. The van der Waals surface area contributed by atoms with Crippen molar-refractivity contribution in [2.24, 2.45) is 0 Å². The number of aromatic amines is 1. The highest BCUT2D eigenvalue weighted by Crippen LogP contribution is 2.53. The SMILES string of the molecule is COc1c(C2CC(=O)Nc3c2c(C)nn3-c2nc3ccccc3[nH]2)cc2c(c1OC)OCO2. The summed E-state index contributed by atoms with van der Waals surface area (Å²) >= 11 is 0. The van der Waals surface area contributed by atoms with Gasteiger partial charge in [-0.2, -0.15) is 9.78 Å². The minimum Gasteiger partial charge on any atom is -0.492 e. The molecule has 0 aliphatic carbocycles. The van der Waals surface area contributed by atoms with E-state index in [-0.39, 0.29) is 25.0 Å². The molecule has 10 nitrogen and oxygen atoms in total. The number of imidazole rings is 1. The molecule has 0 fully saturated rings. The zero-order chi connectivity index (χ0) is 22.7. The van der Waals surface area contributed by atoms with Crippen molar-refractivity contribution >= 4 is 22.8 Å². The molecule has 0 radical (unpaired) electrons. The molecule has 1 unspecified atom stereocenters. The Morgan fingerprint density at radius 3 is 2.76 bits per heavy atom. The first kappa shape index (κ1) is 19.5. The second kappa shape index (κ2) is 7.16. The number of H-pyrrole nitrogens is 1. The summed E-state index contributed by atoms with van der Waals surface area (Å²) in [7, 11) is 3.12. The fourth-order valence-electron chi connectivity index (χ4n) is 4.67. The van der Waals surface area contributed by atoms with Crippen LogP contribution in [-0.2, 0) is 4.79 Å². The Balaban J connectivity index is 1.55. The van der Waals surface area contributed by atoms with Crippen LogP contribution in [0.5, 0.6) is 23.0 Å². The quantitative estimate of drug-likeness (QED) is 0.494. The normalized spacial score (nSPS) is 16.6. The van der Waals surface area contributed by atoms with E-state index in [9.17, 15) is 4.79 Å². The number of benzene rings is 2. The largest absolute Gasteiger partial charge is 0.492 e. The van der Waals surface area contributed by atoms with Gasteiger partial charge < -0.3 is 29.2 Å². The van der Waals surface area contributed by atoms with Gasteiger partial charge in [-0.15, -0.1) is 0 Å². The first-order chi connectivity index (χ1) is 16.1. The number of methoxy groups -OCH3 is 2. The average molecular weight is 447 g/mol. The summed E-state index contributed by atoms with van der Waals surface area (Å²) in [4.78, 5) is 20.8. The summed E-state index contributed by atoms with van der Waals surface area (Å²) in [6.07, 6.45) is 0.221. The Labute approximate surface area is 188 Å². The monoisotopic (exact) mass is 447 g/mol. The second-order valence-corrected chi connectivity index (χ2v) is 7.91. The van der Waals surface area contributed by atoms with Crippen molar-refractivity contribution in [2.75, 3.05) is 26.3 Å². The number of nitrogens with one attached hydrogen (secondary N) is 2. The fourth-order valence-corrected chi connectivity index (χ4v) is 4.67. The maximum Gasteiger partial charge on any atom is 0.231 e. The Kier molecular flexibility index (Phi) is 4.22. The van der Waals surface area contributed by atoms with Crippen LogP contribution in [0.25, 0.3) is 17.0 Å². The number of para-hydroxylation sites is 2. The third-order valence-electron chi connectivity index (χ3n) is 6.07. The molecule has 0 spiro atoms. The van der Waals surface area contributed by atoms with Gasteiger partial charge in [0.25, 0.3) is 0 Å². The van der Waals surface area contributed by atoms with E-state index in [1.807, 2.05) is 37.3 Å². The molecule has 0 saturated carbocycles. The van der Waals surface area contributed by atoms with Crippen LogP contribution in [0.3, 0.4) is 0 Å². The summed E-state index contributed by atoms with van der Waals surface area (Å²) in [6, 6.07) is 9.58. The number of anilines is 1. The molecule has 6 rings (SSSR count). The molecule has 1 atom stereocenters. The molecular formula is C23H21N5O5. The van der Waals surface area contributed by atoms with Gasteiger partial charge in [0.1, 0.15) is 5.82 Å². The first-order valence-corrected chi connectivity index (χ1v) is 10.5. The van der Waals surface area contributed by atoms with Crippen LogP contribution in [0.4, 0.5) is 5.82 Å². The molecule has 2 aromatic heterocycles. The highest BCUT2D eigenvalue weighted by atomic mass is 16.7. The Morgan fingerprint density at radius 2 is 1.97 bits per heavy atom. The predicted molar refractivity (Wildman–Crippen MR) is 119 cm³/mol. The van der Waals surface area contributed by atoms with Gasteiger partial charge in [-0.05, 0) is 25.1 Å². The minimum absolute atomic E-state index is 0.0950. The van der Waals surface area contributed by atoms with Gasteiger partial charge in [0.15, 0.2) is 11.5 Å². The van der Waals surface area contributed by atoms with Gasteiger partial charge in [-0.3, -0.25) is 4.79 Å². The summed E-state index contributed by atoms with van der Waals surface area (Å²) in [6.45, 7) is 2.01. The molecule has 2 aromatic carbocycles. The van der Waals surface area contributed by atoms with Crippen LogP contribution in [0.2, 0.25) is 0 Å². The van der Waals surface area contributed by atoms with E-state index >= 15 is 0 Å². The molecular weight excluding hydrogens is 426 g/mol. The summed E-state index contributed by atoms with van der Waals surface area (Å²) < 4.78 is 24.2. The minimum atomic E-state index is -0.328. The number of carbonyl (C=O) groups excluding carboxylic acids is 1. The highest BCUT2D eigenvalue weighted by Gasteiger charge is 2.37. The lowest BCUT2D eigenvalue weighted by atomic mass is 9.84. The number of amides is 1. The lowest BCUT2D eigenvalue weighted by molar-refractivity contribution is -0.116. The number of rotatable bonds is 4. The van der Waals surface area contributed by atoms with Crippen LogP contribution >= 0.6 is 0 Å². The van der Waals surface area contributed by atoms with Crippen LogP contribution < -0.4 is 24.3 Å². The van der Waals surface area contributed by atoms with E-state index in [1.165, 1.54) is 0 Å². The smallest absolute Gasteiger partial charge is 0.231 e. The summed E-state index contributed by atoms with van der Waals surface area (Å²) in [5, 5.41) is 7.70. The van der Waals surface area contributed by atoms with E-state index < -0.39 is 0 Å². The summed E-state index contributed by atoms with van der Waals surface area (Å²) in [5.41, 5.74) is 4.12. The zero-order valence-electron chi connectivity index (χ0n) is 18.3. The van der Waals surface area contributed by atoms with E-state index in [0.717, 1.165) is 27.9 Å².